The van der Waals surface area contributed by atoms with Crippen molar-refractivity contribution in [3.05, 3.63) is 126 Å². The van der Waals surface area contributed by atoms with Crippen LogP contribution in [-0.4, -0.2) is 72.1 Å². The summed E-state index contributed by atoms with van der Waals surface area (Å²) >= 11 is 0. The second-order valence-corrected chi connectivity index (χ2v) is 14.5. The van der Waals surface area contributed by atoms with Gasteiger partial charge in [-0.15, -0.1) is 0 Å². The van der Waals surface area contributed by atoms with Gasteiger partial charge >= 0.3 is 0 Å². The molecule has 1 fully saturated rings. The van der Waals surface area contributed by atoms with Gasteiger partial charge in [0.15, 0.2) is 0 Å². The van der Waals surface area contributed by atoms with Crippen molar-refractivity contribution in [3.8, 4) is 39.8 Å². The molecule has 298 valence electrons. The van der Waals surface area contributed by atoms with Crippen LogP contribution in [0.4, 0.5) is 0 Å². The third kappa shape index (κ3) is 7.94. The number of amides is 2. The molecule has 6 heterocycles. The van der Waals surface area contributed by atoms with Crippen LogP contribution < -0.4 is 24.8 Å². The molecular formula is C44H42N10O5. The lowest BCUT2D eigenvalue weighted by atomic mass is 10.2. The van der Waals surface area contributed by atoms with Gasteiger partial charge in [-0.1, -0.05) is 24.3 Å². The average Bonchev–Trinajstić information content (AvgIpc) is 3.70. The average molecular weight is 791 g/mol. The van der Waals surface area contributed by atoms with Gasteiger partial charge in [0, 0.05) is 54.6 Å². The zero-order valence-corrected chi connectivity index (χ0v) is 32.6. The first-order valence-electron chi connectivity index (χ1n) is 19.4. The van der Waals surface area contributed by atoms with Gasteiger partial charge in [-0.2, -0.15) is 10.2 Å². The minimum Gasteiger partial charge on any atom is -0.497 e. The summed E-state index contributed by atoms with van der Waals surface area (Å²) in [5.74, 6) is 1.96. The Morgan fingerprint density at radius 2 is 1.36 bits per heavy atom. The molecule has 8 aromatic rings. The topological polar surface area (TPSA) is 179 Å². The fourth-order valence-electron chi connectivity index (χ4n) is 7.23. The molecule has 0 atom stereocenters. The lowest BCUT2D eigenvalue weighted by Gasteiger charge is -2.14. The van der Waals surface area contributed by atoms with Gasteiger partial charge < -0.3 is 34.0 Å². The number of carbonyl (C=O) groups is 2. The van der Waals surface area contributed by atoms with Crippen LogP contribution in [0.1, 0.15) is 44.9 Å². The molecule has 1 saturated carbocycles. The van der Waals surface area contributed by atoms with E-state index in [2.05, 4.69) is 31.0 Å². The molecule has 2 aromatic carbocycles. The highest BCUT2D eigenvalue weighted by Crippen LogP contribution is 2.37. The molecule has 1 aliphatic carbocycles. The highest BCUT2D eigenvalue weighted by Gasteiger charge is 2.28. The van der Waals surface area contributed by atoms with Crippen LogP contribution >= 0.6 is 0 Å². The highest BCUT2D eigenvalue weighted by molar-refractivity contribution is 6.00. The van der Waals surface area contributed by atoms with E-state index in [0.717, 1.165) is 46.2 Å². The number of fused-ring (bicyclic) bond motifs is 2. The third-order valence-corrected chi connectivity index (χ3v) is 10.5. The predicted octanol–water partition coefficient (Wildman–Crippen LogP) is 6.53. The first-order chi connectivity index (χ1) is 28.9. The predicted molar refractivity (Wildman–Crippen MR) is 221 cm³/mol. The first kappa shape index (κ1) is 37.2. The van der Waals surface area contributed by atoms with Crippen LogP contribution in [0.2, 0.25) is 0 Å². The number of rotatable bonds is 16. The van der Waals surface area contributed by atoms with Crippen molar-refractivity contribution >= 4 is 33.9 Å². The van der Waals surface area contributed by atoms with E-state index in [1.807, 2.05) is 88.0 Å². The van der Waals surface area contributed by atoms with Gasteiger partial charge in [-0.25, -0.2) is 9.97 Å². The Morgan fingerprint density at radius 3 is 1.97 bits per heavy atom. The molecule has 6 aromatic heterocycles. The lowest BCUT2D eigenvalue weighted by molar-refractivity contribution is 0.0933. The van der Waals surface area contributed by atoms with Crippen molar-refractivity contribution in [1.82, 2.24) is 50.1 Å². The Morgan fingerprint density at radius 1 is 0.729 bits per heavy atom. The number of methoxy groups -OCH3 is 2. The molecule has 15 heteroatoms. The summed E-state index contributed by atoms with van der Waals surface area (Å²) in [4.78, 5) is 37.9. The molecule has 59 heavy (non-hydrogen) atoms. The van der Waals surface area contributed by atoms with E-state index in [1.165, 1.54) is 0 Å². The van der Waals surface area contributed by atoms with E-state index in [1.54, 1.807) is 39.0 Å². The molecule has 9 rings (SSSR count). The first-order valence-corrected chi connectivity index (χ1v) is 19.4. The van der Waals surface area contributed by atoms with Crippen molar-refractivity contribution in [1.29, 1.82) is 0 Å². The minimum atomic E-state index is -0.258. The van der Waals surface area contributed by atoms with Crippen LogP contribution in [0.15, 0.2) is 104 Å². The van der Waals surface area contributed by atoms with E-state index in [-0.39, 0.29) is 25.0 Å². The maximum absolute atomic E-state index is 14.0. The zero-order chi connectivity index (χ0) is 40.3. The molecule has 0 bridgehead atoms. The Labute approximate surface area is 338 Å². The van der Waals surface area contributed by atoms with E-state index in [4.69, 9.17) is 24.2 Å². The number of nitrogens with zero attached hydrogens (tertiary/aromatic N) is 6. The van der Waals surface area contributed by atoms with Gasteiger partial charge in [-0.05, 0) is 78.4 Å². The number of aromatic nitrogens is 8. The Balaban J connectivity index is 1.04. The molecule has 0 unspecified atom stereocenters. The van der Waals surface area contributed by atoms with Crippen LogP contribution in [0, 0.1) is 5.92 Å². The molecule has 1 aliphatic rings. The van der Waals surface area contributed by atoms with Crippen LogP contribution in [0.5, 0.6) is 17.2 Å². The summed E-state index contributed by atoms with van der Waals surface area (Å²) in [5.41, 5.74) is 7.00. The summed E-state index contributed by atoms with van der Waals surface area (Å²) in [6.45, 7) is 1.75. The van der Waals surface area contributed by atoms with Crippen molar-refractivity contribution in [3.63, 3.8) is 0 Å². The second kappa shape index (κ2) is 16.2. The van der Waals surface area contributed by atoms with E-state index in [0.29, 0.717) is 76.5 Å². The molecule has 0 saturated heterocycles. The van der Waals surface area contributed by atoms with Crippen LogP contribution in [0.3, 0.4) is 0 Å². The van der Waals surface area contributed by atoms with Crippen LogP contribution in [-0.2, 0) is 26.2 Å². The molecule has 4 N–H and O–H groups in total. The molecule has 0 radical (unpaired) electrons. The van der Waals surface area contributed by atoms with Gasteiger partial charge in [-0.3, -0.25) is 19.8 Å². The molecule has 2 amide bonds. The smallest absolute Gasteiger partial charge is 0.268 e. The Bertz CT molecular complexity index is 2770. The molecule has 0 aliphatic heterocycles. The van der Waals surface area contributed by atoms with Gasteiger partial charge in [0.05, 0.1) is 49.9 Å². The standard InChI is InChI=1S/C44H42N10O5/c1-57-33-7-3-5-28(15-33)20-45-43(55)38-17-30-11-12-36(31-22-47-48-23-31)51-41(30)53(38)13-14-59-40-19-37(32-24-49-50-25-32)52-42-35(40)18-39(54(42)26-27-9-10-27)44(56)46-21-29-6-4-8-34(16-29)58-2/h3-8,11-12,15-19,22-25,27H,9-10,13-14,20-21,26H2,1-2H3,(H,45,55)(H,46,56)(H,47,48)(H,49,50). The number of carbonyl (C=O) groups excluding carboxylic acids is 2. The quantitative estimate of drug-likeness (QED) is 0.0847. The summed E-state index contributed by atoms with van der Waals surface area (Å²) in [5, 5.41) is 21.7. The highest BCUT2D eigenvalue weighted by atomic mass is 16.5. The summed E-state index contributed by atoms with van der Waals surface area (Å²) in [6, 6.07) is 24.7. The fraction of sp³-hybridized carbons (Fsp3) is 0.227. The van der Waals surface area contributed by atoms with Gasteiger partial charge in [0.2, 0.25) is 0 Å². The number of benzene rings is 2. The lowest BCUT2D eigenvalue weighted by Crippen LogP contribution is -2.26. The normalized spacial score (nSPS) is 12.5. The summed E-state index contributed by atoms with van der Waals surface area (Å²) < 4.78 is 21.3. The van der Waals surface area contributed by atoms with E-state index in [9.17, 15) is 9.59 Å². The summed E-state index contributed by atoms with van der Waals surface area (Å²) in [7, 11) is 3.23. The maximum atomic E-state index is 14.0. The molecular weight excluding hydrogens is 749 g/mol. The third-order valence-electron chi connectivity index (χ3n) is 10.5. The number of pyridine rings is 2. The number of hydrogen-bond acceptors (Lipinski definition) is 9. The number of aromatic amines is 2. The van der Waals surface area contributed by atoms with Crippen LogP contribution in [0.25, 0.3) is 44.6 Å². The maximum Gasteiger partial charge on any atom is 0.268 e. The monoisotopic (exact) mass is 790 g/mol. The molecule has 15 nitrogen and oxygen atoms in total. The van der Waals surface area contributed by atoms with E-state index >= 15 is 0 Å². The number of H-pyrrole nitrogens is 2. The van der Waals surface area contributed by atoms with Crippen molar-refractivity contribution in [2.75, 3.05) is 20.8 Å². The second-order valence-electron chi connectivity index (χ2n) is 14.5. The Kier molecular flexibility index (Phi) is 10.2. The SMILES string of the molecule is COc1cccc(CNC(=O)c2cc3ccc(-c4cn[nH]c4)nc3n2CCOc2cc(-c3cn[nH]c3)nc3c2cc(C(=O)NCc2cccc(OC)c2)n3CC2CC2)c1. The summed E-state index contributed by atoms with van der Waals surface area (Å²) in [6.07, 6.45) is 9.15. The van der Waals surface area contributed by atoms with E-state index < -0.39 is 0 Å². The number of nitrogens with one attached hydrogen (secondary N) is 4. The Hall–Kier alpha value is -7.42. The van der Waals surface area contributed by atoms with Gasteiger partial charge in [0.25, 0.3) is 11.8 Å². The fourth-order valence-corrected chi connectivity index (χ4v) is 7.23. The number of ether oxygens (including phenoxy) is 3. The number of hydrogen-bond donors (Lipinski definition) is 4. The molecule has 0 spiro atoms. The minimum absolute atomic E-state index is 0.173. The van der Waals surface area contributed by atoms with Crippen molar-refractivity contribution in [2.24, 2.45) is 5.92 Å². The van der Waals surface area contributed by atoms with Crippen molar-refractivity contribution < 1.29 is 23.8 Å². The van der Waals surface area contributed by atoms with Crippen molar-refractivity contribution in [2.45, 2.75) is 39.0 Å². The largest absolute Gasteiger partial charge is 0.497 e. The zero-order valence-electron chi connectivity index (χ0n) is 32.6. The van der Waals surface area contributed by atoms with Gasteiger partial charge in [0.1, 0.15) is 46.5 Å².